The van der Waals surface area contributed by atoms with Gasteiger partial charge in [-0.05, 0) is 43.5 Å². The van der Waals surface area contributed by atoms with Crippen molar-refractivity contribution in [1.29, 1.82) is 0 Å². The molecule has 0 bridgehead atoms. The maximum Gasteiger partial charge on any atom is 0.244 e. The number of aliphatic hydroxyl groups is 1. The minimum atomic E-state index is -0.0498. The number of carbonyl (C=O) groups excluding carboxylic acids is 1. The Bertz CT molecular complexity index is 417. The topological polar surface area (TPSA) is 52.6 Å². The van der Waals surface area contributed by atoms with Crippen molar-refractivity contribution in [3.63, 3.8) is 0 Å². The molecule has 2 rings (SSSR count). The lowest BCUT2D eigenvalue weighted by atomic mass is 10.0. The second-order valence-electron chi connectivity index (χ2n) is 4.96. The van der Waals surface area contributed by atoms with E-state index in [-0.39, 0.29) is 18.6 Å². The molecule has 1 aliphatic rings. The molecule has 1 amide bonds. The molecule has 2 N–H and O–H groups in total. The molecule has 1 atom stereocenters. The predicted molar refractivity (Wildman–Crippen MR) is 76.0 cm³/mol. The zero-order chi connectivity index (χ0) is 13.7. The van der Waals surface area contributed by atoms with Crippen LogP contribution in [-0.4, -0.2) is 30.1 Å². The molecule has 104 valence electrons. The average molecular weight is 262 g/mol. The van der Waals surface area contributed by atoms with Gasteiger partial charge in [-0.25, -0.2) is 0 Å². The molecule has 1 aliphatic heterocycles. The number of piperidine rings is 1. The molecule has 1 fully saturated rings. The molecule has 0 aliphatic carbocycles. The van der Waals surface area contributed by atoms with Crippen LogP contribution in [0.3, 0.4) is 0 Å². The number of hydrogen-bond acceptors (Lipinski definition) is 3. The molecule has 1 aromatic carbocycles. The van der Waals surface area contributed by atoms with Crippen LogP contribution >= 0.6 is 0 Å². The van der Waals surface area contributed by atoms with Crippen LogP contribution in [0.15, 0.2) is 24.3 Å². The summed E-state index contributed by atoms with van der Waals surface area (Å²) in [6.45, 7) is 3.80. The minimum absolute atomic E-state index is 0.0366. The van der Waals surface area contributed by atoms with Crippen molar-refractivity contribution in [1.82, 2.24) is 5.32 Å². The van der Waals surface area contributed by atoms with Crippen LogP contribution in [0, 0.1) is 0 Å². The zero-order valence-electron chi connectivity index (χ0n) is 11.4. The Balaban J connectivity index is 2.07. The summed E-state index contributed by atoms with van der Waals surface area (Å²) in [5, 5.41) is 12.4. The summed E-state index contributed by atoms with van der Waals surface area (Å²) in [7, 11) is 0. The second-order valence-corrected chi connectivity index (χ2v) is 4.96. The Kier molecular flexibility index (Phi) is 4.93. The van der Waals surface area contributed by atoms with Gasteiger partial charge in [0, 0.05) is 12.2 Å². The van der Waals surface area contributed by atoms with E-state index < -0.39 is 0 Å². The van der Waals surface area contributed by atoms with Gasteiger partial charge in [-0.15, -0.1) is 0 Å². The van der Waals surface area contributed by atoms with Gasteiger partial charge in [0.05, 0.1) is 12.6 Å². The zero-order valence-corrected chi connectivity index (χ0v) is 11.4. The van der Waals surface area contributed by atoms with E-state index in [1.54, 1.807) is 0 Å². The third-order valence-electron chi connectivity index (χ3n) is 3.51. The van der Waals surface area contributed by atoms with Crippen LogP contribution in [-0.2, 0) is 11.4 Å². The van der Waals surface area contributed by atoms with Gasteiger partial charge in [-0.2, -0.15) is 0 Å². The molecular formula is C15H22N2O2. The first-order valence-corrected chi connectivity index (χ1v) is 7.00. The Morgan fingerprint density at radius 1 is 1.37 bits per heavy atom. The summed E-state index contributed by atoms with van der Waals surface area (Å²) >= 11 is 0. The molecule has 4 nitrogen and oxygen atoms in total. The van der Waals surface area contributed by atoms with E-state index in [1.165, 1.54) is 0 Å². The van der Waals surface area contributed by atoms with Gasteiger partial charge in [0.1, 0.15) is 0 Å². The largest absolute Gasteiger partial charge is 0.392 e. The summed E-state index contributed by atoms with van der Waals surface area (Å²) < 4.78 is 0. The summed E-state index contributed by atoms with van der Waals surface area (Å²) in [5.41, 5.74) is 1.79. The van der Waals surface area contributed by atoms with Crippen molar-refractivity contribution in [2.45, 2.75) is 38.8 Å². The summed E-state index contributed by atoms with van der Waals surface area (Å²) in [5.74, 6) is 0.163. The van der Waals surface area contributed by atoms with E-state index >= 15 is 0 Å². The number of nitrogens with one attached hydrogen (secondary N) is 1. The Morgan fingerprint density at radius 2 is 2.11 bits per heavy atom. The molecule has 4 heteroatoms. The maximum atomic E-state index is 12.4. The van der Waals surface area contributed by atoms with Crippen molar-refractivity contribution in [3.8, 4) is 0 Å². The average Bonchev–Trinajstić information content (AvgIpc) is 2.46. The van der Waals surface area contributed by atoms with E-state index in [4.69, 9.17) is 5.11 Å². The molecule has 1 heterocycles. The highest BCUT2D eigenvalue weighted by Gasteiger charge is 2.28. The molecule has 0 aromatic heterocycles. The van der Waals surface area contributed by atoms with Crippen LogP contribution in [0.1, 0.15) is 31.7 Å². The first-order chi connectivity index (χ1) is 9.26. The second kappa shape index (κ2) is 6.68. The Morgan fingerprint density at radius 3 is 2.74 bits per heavy atom. The van der Waals surface area contributed by atoms with Gasteiger partial charge in [0.15, 0.2) is 0 Å². The molecule has 1 aromatic rings. The minimum Gasteiger partial charge on any atom is -0.392 e. The van der Waals surface area contributed by atoms with E-state index in [0.717, 1.165) is 43.6 Å². The van der Waals surface area contributed by atoms with Gasteiger partial charge in [0.2, 0.25) is 5.91 Å². The first kappa shape index (κ1) is 14.0. The molecule has 0 radical (unpaired) electrons. The Hall–Kier alpha value is -1.39. The van der Waals surface area contributed by atoms with Gasteiger partial charge in [-0.1, -0.05) is 19.1 Å². The SMILES string of the molecule is CCCNC1CCCN(c2ccc(CO)cc2)C1=O. The predicted octanol–water partition coefficient (Wildman–Crippen LogP) is 1.67. The summed E-state index contributed by atoms with van der Waals surface area (Å²) in [4.78, 5) is 14.2. The highest BCUT2D eigenvalue weighted by molar-refractivity contribution is 5.97. The number of hydrogen-bond donors (Lipinski definition) is 2. The van der Waals surface area contributed by atoms with E-state index in [0.29, 0.717) is 0 Å². The van der Waals surface area contributed by atoms with Crippen molar-refractivity contribution < 1.29 is 9.90 Å². The van der Waals surface area contributed by atoms with Crippen LogP contribution in [0.2, 0.25) is 0 Å². The number of benzene rings is 1. The van der Waals surface area contributed by atoms with Crippen LogP contribution in [0.5, 0.6) is 0 Å². The number of rotatable bonds is 5. The summed E-state index contributed by atoms with van der Waals surface area (Å²) in [6, 6.07) is 7.50. The number of amides is 1. The van der Waals surface area contributed by atoms with Crippen LogP contribution in [0.25, 0.3) is 0 Å². The fourth-order valence-electron chi connectivity index (χ4n) is 2.42. The van der Waals surface area contributed by atoms with Crippen molar-refractivity contribution in [2.24, 2.45) is 0 Å². The normalized spacial score (nSPS) is 19.8. The van der Waals surface area contributed by atoms with Gasteiger partial charge < -0.3 is 15.3 Å². The van der Waals surface area contributed by atoms with Crippen molar-refractivity contribution >= 4 is 11.6 Å². The lowest BCUT2D eigenvalue weighted by Crippen LogP contribution is -2.51. The highest BCUT2D eigenvalue weighted by atomic mass is 16.3. The number of nitrogens with zero attached hydrogens (tertiary/aromatic N) is 1. The van der Waals surface area contributed by atoms with Crippen molar-refractivity contribution in [2.75, 3.05) is 18.0 Å². The maximum absolute atomic E-state index is 12.4. The molecule has 0 saturated carbocycles. The number of aliphatic hydroxyl groups excluding tert-OH is 1. The quantitative estimate of drug-likeness (QED) is 0.849. The fourth-order valence-corrected chi connectivity index (χ4v) is 2.42. The standard InChI is InChI=1S/C15H22N2O2/c1-2-9-16-14-4-3-10-17(15(14)19)13-7-5-12(11-18)6-8-13/h5-8,14,16,18H,2-4,9-11H2,1H3. The van der Waals surface area contributed by atoms with E-state index in [9.17, 15) is 4.79 Å². The van der Waals surface area contributed by atoms with Gasteiger partial charge >= 0.3 is 0 Å². The lowest BCUT2D eigenvalue weighted by Gasteiger charge is -2.32. The molecule has 1 unspecified atom stereocenters. The van der Waals surface area contributed by atoms with Gasteiger partial charge in [-0.3, -0.25) is 4.79 Å². The van der Waals surface area contributed by atoms with Crippen molar-refractivity contribution in [3.05, 3.63) is 29.8 Å². The fraction of sp³-hybridized carbons (Fsp3) is 0.533. The third kappa shape index (κ3) is 3.33. The molecule has 1 saturated heterocycles. The molecule has 0 spiro atoms. The number of carbonyl (C=O) groups is 1. The van der Waals surface area contributed by atoms with E-state index in [2.05, 4.69) is 12.2 Å². The monoisotopic (exact) mass is 262 g/mol. The number of anilines is 1. The lowest BCUT2D eigenvalue weighted by molar-refractivity contribution is -0.121. The highest BCUT2D eigenvalue weighted by Crippen LogP contribution is 2.21. The molecular weight excluding hydrogens is 240 g/mol. The van der Waals surface area contributed by atoms with Gasteiger partial charge in [0.25, 0.3) is 0 Å². The first-order valence-electron chi connectivity index (χ1n) is 7.00. The smallest absolute Gasteiger partial charge is 0.244 e. The third-order valence-corrected chi connectivity index (χ3v) is 3.51. The van der Waals surface area contributed by atoms with Crippen LogP contribution in [0.4, 0.5) is 5.69 Å². The van der Waals surface area contributed by atoms with E-state index in [1.807, 2.05) is 29.2 Å². The summed E-state index contributed by atoms with van der Waals surface area (Å²) in [6.07, 6.45) is 2.98. The Labute approximate surface area is 114 Å². The molecule has 19 heavy (non-hydrogen) atoms. The van der Waals surface area contributed by atoms with Crippen LogP contribution < -0.4 is 10.2 Å².